The average Bonchev–Trinajstić information content (AvgIpc) is 3.27. The number of hydrogen-bond acceptors (Lipinski definition) is 5. The molecule has 0 bridgehead atoms. The van der Waals surface area contributed by atoms with Crippen molar-refractivity contribution in [1.82, 2.24) is 4.98 Å². The summed E-state index contributed by atoms with van der Waals surface area (Å²) < 4.78 is 49.8. The molecular weight excluding hydrogens is 451 g/mol. The Morgan fingerprint density at radius 2 is 1.94 bits per heavy atom. The summed E-state index contributed by atoms with van der Waals surface area (Å²) in [6.07, 6.45) is -2.80. The molecule has 0 N–H and O–H groups in total. The summed E-state index contributed by atoms with van der Waals surface area (Å²) in [6, 6.07) is 12.0. The van der Waals surface area contributed by atoms with Crippen LogP contribution in [-0.2, 0) is 23.1 Å². The highest BCUT2D eigenvalue weighted by Crippen LogP contribution is 2.44. The van der Waals surface area contributed by atoms with Gasteiger partial charge in [0.15, 0.2) is 5.78 Å². The molecule has 172 valence electrons. The number of carbonyl (C=O) groups is 1. The van der Waals surface area contributed by atoms with E-state index in [9.17, 15) is 18.0 Å². The fraction of sp³-hybridized carbons (Fsp3) is 0.280. The highest BCUT2D eigenvalue weighted by Gasteiger charge is 2.30. The molecule has 0 saturated heterocycles. The molecular formula is C25H22F3NO3S. The zero-order valence-electron chi connectivity index (χ0n) is 18.2. The van der Waals surface area contributed by atoms with E-state index in [4.69, 9.17) is 9.47 Å². The minimum atomic E-state index is -4.40. The predicted octanol–water partition coefficient (Wildman–Crippen LogP) is 6.27. The van der Waals surface area contributed by atoms with Crippen LogP contribution in [0.1, 0.15) is 29.2 Å². The molecule has 4 nitrogen and oxygen atoms in total. The Balaban J connectivity index is 1.46. The molecule has 8 heteroatoms. The Labute approximate surface area is 194 Å². The van der Waals surface area contributed by atoms with Crippen LogP contribution >= 0.6 is 11.8 Å². The molecule has 0 fully saturated rings. The van der Waals surface area contributed by atoms with Crippen LogP contribution in [0, 0.1) is 6.92 Å². The fourth-order valence-electron chi connectivity index (χ4n) is 3.61. The summed E-state index contributed by atoms with van der Waals surface area (Å²) in [7, 11) is 0. The van der Waals surface area contributed by atoms with Crippen LogP contribution in [-0.4, -0.2) is 24.0 Å². The van der Waals surface area contributed by atoms with Crippen molar-refractivity contribution in [1.29, 1.82) is 0 Å². The molecule has 1 aliphatic heterocycles. The topological polar surface area (TPSA) is 48.4 Å². The lowest BCUT2D eigenvalue weighted by molar-refractivity contribution is -0.137. The summed E-state index contributed by atoms with van der Waals surface area (Å²) >= 11 is 1.64. The number of ether oxygens (including phenoxy) is 2. The van der Waals surface area contributed by atoms with Gasteiger partial charge in [0.2, 0.25) is 0 Å². The Morgan fingerprint density at radius 3 is 2.58 bits per heavy atom. The number of aryl methyl sites for hydroxylation is 1. The van der Waals surface area contributed by atoms with E-state index >= 15 is 0 Å². The van der Waals surface area contributed by atoms with Crippen molar-refractivity contribution >= 4 is 17.5 Å². The van der Waals surface area contributed by atoms with Crippen molar-refractivity contribution in [2.45, 2.75) is 37.1 Å². The molecule has 0 amide bonds. The molecule has 0 spiro atoms. The SMILES string of the molecule is CC(=O)COc1c(C)cc(SCc2ccc(-c3ccc(C(F)(F)F)cn3)cc2)c2c1CCO2. The zero-order chi connectivity index (χ0) is 23.6. The van der Waals surface area contributed by atoms with Crippen LogP contribution < -0.4 is 9.47 Å². The van der Waals surface area contributed by atoms with Gasteiger partial charge >= 0.3 is 6.18 Å². The number of ketones is 1. The maximum absolute atomic E-state index is 12.7. The van der Waals surface area contributed by atoms with E-state index in [2.05, 4.69) is 4.98 Å². The third kappa shape index (κ3) is 5.33. The molecule has 1 aliphatic rings. The smallest absolute Gasteiger partial charge is 0.417 e. The Hall–Kier alpha value is -3.00. The van der Waals surface area contributed by atoms with Gasteiger partial charge < -0.3 is 9.47 Å². The van der Waals surface area contributed by atoms with Crippen molar-refractivity contribution in [2.75, 3.05) is 13.2 Å². The predicted molar refractivity (Wildman–Crippen MR) is 121 cm³/mol. The molecule has 2 heterocycles. The number of benzene rings is 2. The molecule has 3 aromatic rings. The van der Waals surface area contributed by atoms with Crippen molar-refractivity contribution in [3.05, 3.63) is 70.9 Å². The lowest BCUT2D eigenvalue weighted by Crippen LogP contribution is -2.09. The van der Waals surface area contributed by atoms with Crippen molar-refractivity contribution in [3.63, 3.8) is 0 Å². The van der Waals surface area contributed by atoms with Gasteiger partial charge in [-0.3, -0.25) is 9.78 Å². The largest absolute Gasteiger partial charge is 0.492 e. The van der Waals surface area contributed by atoms with Gasteiger partial charge in [0.25, 0.3) is 0 Å². The highest BCUT2D eigenvalue weighted by molar-refractivity contribution is 7.98. The Bertz CT molecular complexity index is 1160. The summed E-state index contributed by atoms with van der Waals surface area (Å²) in [6.45, 7) is 4.08. The first-order valence-electron chi connectivity index (χ1n) is 10.4. The number of thioether (sulfide) groups is 1. The van der Waals surface area contributed by atoms with Gasteiger partial charge in [-0.25, -0.2) is 0 Å². The van der Waals surface area contributed by atoms with Crippen LogP contribution in [0.4, 0.5) is 13.2 Å². The van der Waals surface area contributed by atoms with Gasteiger partial charge in [-0.05, 0) is 43.2 Å². The van der Waals surface area contributed by atoms with Crippen molar-refractivity contribution in [3.8, 4) is 22.8 Å². The lowest BCUT2D eigenvalue weighted by Gasteiger charge is -2.15. The van der Waals surface area contributed by atoms with E-state index in [1.807, 2.05) is 37.3 Å². The molecule has 0 aliphatic carbocycles. The number of fused-ring (bicyclic) bond motifs is 1. The van der Waals surface area contributed by atoms with Crippen LogP contribution in [0.5, 0.6) is 11.5 Å². The van der Waals surface area contributed by atoms with E-state index in [-0.39, 0.29) is 12.4 Å². The van der Waals surface area contributed by atoms with Crippen LogP contribution in [0.2, 0.25) is 0 Å². The lowest BCUT2D eigenvalue weighted by atomic mass is 10.1. The van der Waals surface area contributed by atoms with Crippen molar-refractivity contribution < 1.29 is 27.4 Å². The number of carbonyl (C=O) groups excluding carboxylic acids is 1. The molecule has 0 saturated carbocycles. The number of Topliss-reactive ketones (excluding diaryl/α,β-unsaturated/α-hetero) is 1. The summed E-state index contributed by atoms with van der Waals surface area (Å²) in [4.78, 5) is 16.3. The number of halogens is 3. The summed E-state index contributed by atoms with van der Waals surface area (Å²) in [5.74, 6) is 2.21. The number of hydrogen-bond donors (Lipinski definition) is 0. The third-order valence-electron chi connectivity index (χ3n) is 5.23. The van der Waals surface area contributed by atoms with Gasteiger partial charge in [-0.1, -0.05) is 24.3 Å². The first-order valence-corrected chi connectivity index (χ1v) is 11.4. The standard InChI is InChI=1S/C25H22F3NO3S/c1-15-11-22(24-20(9-10-31-24)23(15)32-13-16(2)30)33-14-17-3-5-18(6-4-17)21-8-7-19(12-29-21)25(26,27)28/h3-8,11-12H,9-10,13-14H2,1-2H3. The average molecular weight is 474 g/mol. The highest BCUT2D eigenvalue weighted by atomic mass is 32.2. The van der Waals surface area contributed by atoms with Crippen LogP contribution in [0.25, 0.3) is 11.3 Å². The van der Waals surface area contributed by atoms with Gasteiger partial charge in [0, 0.05) is 29.5 Å². The number of nitrogens with zero attached hydrogens (tertiary/aromatic N) is 1. The summed E-state index contributed by atoms with van der Waals surface area (Å²) in [5, 5.41) is 0. The number of alkyl halides is 3. The first kappa shape index (κ1) is 23.2. The van der Waals surface area contributed by atoms with E-state index in [1.54, 1.807) is 11.8 Å². The minimum Gasteiger partial charge on any atom is -0.492 e. The summed E-state index contributed by atoms with van der Waals surface area (Å²) in [5.41, 5.74) is 3.52. The van der Waals surface area contributed by atoms with Crippen molar-refractivity contribution in [2.24, 2.45) is 0 Å². The second-order valence-corrected chi connectivity index (χ2v) is 8.85. The number of pyridine rings is 1. The number of rotatable bonds is 7. The Kier molecular flexibility index (Phi) is 6.65. The molecule has 4 rings (SSSR count). The van der Waals surface area contributed by atoms with E-state index < -0.39 is 11.7 Å². The normalized spacial score (nSPS) is 12.9. The second-order valence-electron chi connectivity index (χ2n) is 7.83. The molecule has 0 atom stereocenters. The zero-order valence-corrected chi connectivity index (χ0v) is 19.0. The Morgan fingerprint density at radius 1 is 1.18 bits per heavy atom. The van der Waals surface area contributed by atoms with E-state index in [1.165, 1.54) is 13.0 Å². The fourth-order valence-corrected chi connectivity index (χ4v) is 4.69. The maximum Gasteiger partial charge on any atom is 0.417 e. The molecule has 0 radical (unpaired) electrons. The van der Waals surface area contributed by atoms with E-state index in [0.29, 0.717) is 18.1 Å². The minimum absolute atomic E-state index is 0.0320. The first-order chi connectivity index (χ1) is 15.7. The number of aromatic nitrogens is 1. The molecule has 1 aromatic heterocycles. The monoisotopic (exact) mass is 473 g/mol. The molecule has 2 aromatic carbocycles. The molecule has 33 heavy (non-hydrogen) atoms. The molecule has 0 unspecified atom stereocenters. The van der Waals surface area contributed by atoms with E-state index in [0.717, 1.165) is 57.3 Å². The van der Waals surface area contributed by atoms with Crippen LogP contribution in [0.3, 0.4) is 0 Å². The maximum atomic E-state index is 12.7. The van der Waals surface area contributed by atoms with Gasteiger partial charge in [-0.2, -0.15) is 13.2 Å². The van der Waals surface area contributed by atoms with Gasteiger partial charge in [0.05, 0.1) is 22.8 Å². The van der Waals surface area contributed by atoms with Gasteiger partial charge in [0.1, 0.15) is 18.1 Å². The van der Waals surface area contributed by atoms with Crippen LogP contribution in [0.15, 0.2) is 53.6 Å². The van der Waals surface area contributed by atoms with Gasteiger partial charge in [-0.15, -0.1) is 11.8 Å². The third-order valence-corrected chi connectivity index (χ3v) is 6.32. The quantitative estimate of drug-likeness (QED) is 0.379. The second kappa shape index (κ2) is 9.47.